The highest BCUT2D eigenvalue weighted by atomic mass is 32.2. The van der Waals surface area contributed by atoms with Crippen LogP contribution >= 0.6 is 11.8 Å². The van der Waals surface area contributed by atoms with Gasteiger partial charge in [-0.15, -0.1) is 0 Å². The van der Waals surface area contributed by atoms with Crippen molar-refractivity contribution in [3.05, 3.63) is 27.7 Å². The second kappa shape index (κ2) is 4.35. The molecule has 1 atom stereocenters. The average molecular weight is 228 g/mol. The molecule has 1 aliphatic heterocycles. The predicted molar refractivity (Wildman–Crippen MR) is 58.6 cm³/mol. The van der Waals surface area contributed by atoms with Gasteiger partial charge < -0.3 is 4.98 Å². The molecule has 82 valence electrons. The van der Waals surface area contributed by atoms with E-state index in [-0.39, 0.29) is 10.9 Å². The summed E-state index contributed by atoms with van der Waals surface area (Å²) in [5, 5.41) is 0.228. The number of hydrogen-bond donors (Lipinski definition) is 1. The van der Waals surface area contributed by atoms with Crippen molar-refractivity contribution < 1.29 is 4.39 Å². The summed E-state index contributed by atoms with van der Waals surface area (Å²) in [6, 6.07) is 0. The van der Waals surface area contributed by atoms with Crippen LogP contribution in [0.2, 0.25) is 0 Å². The van der Waals surface area contributed by atoms with Gasteiger partial charge in [-0.05, 0) is 25.5 Å². The van der Waals surface area contributed by atoms with Crippen molar-refractivity contribution in [3.63, 3.8) is 0 Å². The molecule has 1 saturated heterocycles. The number of H-pyrrole nitrogens is 1. The number of thioether (sulfide) groups is 1. The summed E-state index contributed by atoms with van der Waals surface area (Å²) in [4.78, 5) is 17.9. The van der Waals surface area contributed by atoms with Crippen molar-refractivity contribution in [1.29, 1.82) is 0 Å². The highest BCUT2D eigenvalue weighted by Crippen LogP contribution is 2.36. The minimum absolute atomic E-state index is 0.194. The fourth-order valence-electron chi connectivity index (χ4n) is 1.70. The molecule has 1 unspecified atom stereocenters. The van der Waals surface area contributed by atoms with Gasteiger partial charge in [-0.1, -0.05) is 6.42 Å². The van der Waals surface area contributed by atoms with Gasteiger partial charge >= 0.3 is 0 Å². The molecule has 0 amide bonds. The van der Waals surface area contributed by atoms with Gasteiger partial charge in [-0.2, -0.15) is 16.2 Å². The number of aromatic nitrogens is 2. The summed E-state index contributed by atoms with van der Waals surface area (Å²) in [6.07, 6.45) is 3.38. The minimum Gasteiger partial charge on any atom is -0.307 e. The van der Waals surface area contributed by atoms with E-state index >= 15 is 0 Å². The molecular weight excluding hydrogens is 215 g/mol. The molecule has 1 aliphatic rings. The van der Waals surface area contributed by atoms with E-state index in [2.05, 4.69) is 9.97 Å². The first kappa shape index (κ1) is 10.7. The van der Waals surface area contributed by atoms with Crippen molar-refractivity contribution in [1.82, 2.24) is 9.97 Å². The highest BCUT2D eigenvalue weighted by Gasteiger charge is 2.19. The standard InChI is InChI=1S/C10H13FN2OS/c1-6-8(11)10(14)13-9(12-6)7-4-2-3-5-15-7/h7H,2-5H2,1H3,(H,12,13,14). The Morgan fingerprint density at radius 1 is 1.53 bits per heavy atom. The summed E-state index contributed by atoms with van der Waals surface area (Å²) >= 11 is 1.78. The van der Waals surface area contributed by atoms with Crippen LogP contribution < -0.4 is 5.56 Å². The highest BCUT2D eigenvalue weighted by molar-refractivity contribution is 7.99. The normalized spacial score (nSPS) is 21.6. The van der Waals surface area contributed by atoms with Crippen molar-refractivity contribution in [2.24, 2.45) is 0 Å². The molecule has 0 aromatic carbocycles. The predicted octanol–water partition coefficient (Wildman–Crippen LogP) is 2.18. The zero-order chi connectivity index (χ0) is 10.8. The lowest BCUT2D eigenvalue weighted by Gasteiger charge is -2.20. The van der Waals surface area contributed by atoms with Crippen LogP contribution in [-0.4, -0.2) is 15.7 Å². The van der Waals surface area contributed by atoms with E-state index in [1.807, 2.05) is 0 Å². The molecule has 0 saturated carbocycles. The van der Waals surface area contributed by atoms with E-state index in [0.29, 0.717) is 5.82 Å². The summed E-state index contributed by atoms with van der Waals surface area (Å²) in [5.74, 6) is 0.952. The Hall–Kier alpha value is -0.840. The first-order valence-corrected chi connectivity index (χ1v) is 6.11. The van der Waals surface area contributed by atoms with Gasteiger partial charge in [-0.25, -0.2) is 4.98 Å². The molecule has 1 aromatic rings. The fraction of sp³-hybridized carbons (Fsp3) is 0.600. The molecule has 5 heteroatoms. The minimum atomic E-state index is -0.764. The molecule has 0 spiro atoms. The van der Waals surface area contributed by atoms with Crippen LogP contribution in [0, 0.1) is 12.7 Å². The largest absolute Gasteiger partial charge is 0.307 e. The maximum absolute atomic E-state index is 13.1. The van der Waals surface area contributed by atoms with Crippen LogP contribution in [0.25, 0.3) is 0 Å². The van der Waals surface area contributed by atoms with E-state index in [4.69, 9.17) is 0 Å². The fourth-order valence-corrected chi connectivity index (χ4v) is 2.96. The number of hydrogen-bond acceptors (Lipinski definition) is 3. The van der Waals surface area contributed by atoms with Gasteiger partial charge in [0.15, 0.2) is 0 Å². The summed E-state index contributed by atoms with van der Waals surface area (Å²) < 4.78 is 13.1. The van der Waals surface area contributed by atoms with Gasteiger partial charge in [0.25, 0.3) is 5.56 Å². The second-order valence-electron chi connectivity index (χ2n) is 3.71. The van der Waals surface area contributed by atoms with E-state index in [9.17, 15) is 9.18 Å². The van der Waals surface area contributed by atoms with E-state index in [1.165, 1.54) is 13.3 Å². The lowest BCUT2D eigenvalue weighted by atomic mass is 10.2. The maximum atomic E-state index is 13.1. The number of nitrogens with zero attached hydrogens (tertiary/aromatic N) is 1. The number of aromatic amines is 1. The third-order valence-corrected chi connectivity index (χ3v) is 3.92. The van der Waals surface area contributed by atoms with Gasteiger partial charge in [0, 0.05) is 0 Å². The zero-order valence-corrected chi connectivity index (χ0v) is 9.36. The van der Waals surface area contributed by atoms with E-state index in [0.717, 1.165) is 18.6 Å². The van der Waals surface area contributed by atoms with Crippen LogP contribution in [0.3, 0.4) is 0 Å². The Morgan fingerprint density at radius 3 is 2.93 bits per heavy atom. The Labute approximate surface area is 91.5 Å². The molecule has 2 rings (SSSR count). The summed E-state index contributed by atoms with van der Waals surface area (Å²) in [6.45, 7) is 1.53. The van der Waals surface area contributed by atoms with Crippen molar-refractivity contribution >= 4 is 11.8 Å². The van der Waals surface area contributed by atoms with Gasteiger partial charge in [0.05, 0.1) is 10.9 Å². The monoisotopic (exact) mass is 228 g/mol. The molecular formula is C10H13FN2OS. The topological polar surface area (TPSA) is 45.8 Å². The third kappa shape index (κ3) is 2.22. The van der Waals surface area contributed by atoms with Gasteiger partial charge in [-0.3, -0.25) is 4.79 Å². The van der Waals surface area contributed by atoms with Crippen molar-refractivity contribution in [2.75, 3.05) is 5.75 Å². The number of nitrogens with one attached hydrogen (secondary N) is 1. The van der Waals surface area contributed by atoms with Gasteiger partial charge in [0.1, 0.15) is 5.82 Å². The van der Waals surface area contributed by atoms with Crippen LogP contribution in [0.5, 0.6) is 0 Å². The first-order valence-electron chi connectivity index (χ1n) is 5.06. The van der Waals surface area contributed by atoms with Crippen LogP contribution in [0.1, 0.15) is 36.0 Å². The molecule has 15 heavy (non-hydrogen) atoms. The average Bonchev–Trinajstić information content (AvgIpc) is 2.26. The molecule has 0 bridgehead atoms. The second-order valence-corrected chi connectivity index (χ2v) is 5.02. The van der Waals surface area contributed by atoms with Crippen molar-refractivity contribution in [3.8, 4) is 0 Å². The maximum Gasteiger partial charge on any atom is 0.287 e. The van der Waals surface area contributed by atoms with Crippen LogP contribution in [0.15, 0.2) is 4.79 Å². The SMILES string of the molecule is Cc1nc(C2CCCCS2)[nH]c(=O)c1F. The Kier molecular flexibility index (Phi) is 3.09. The molecule has 0 radical (unpaired) electrons. The Balaban J connectivity index is 2.32. The first-order chi connectivity index (χ1) is 7.18. The summed E-state index contributed by atoms with van der Waals surface area (Å²) in [5.41, 5.74) is -0.455. The molecule has 0 aliphatic carbocycles. The van der Waals surface area contributed by atoms with E-state index in [1.54, 1.807) is 11.8 Å². The smallest absolute Gasteiger partial charge is 0.287 e. The Morgan fingerprint density at radius 2 is 2.33 bits per heavy atom. The molecule has 1 N–H and O–H groups in total. The van der Waals surface area contributed by atoms with Gasteiger partial charge in [0.2, 0.25) is 5.82 Å². The molecule has 2 heterocycles. The van der Waals surface area contributed by atoms with Crippen LogP contribution in [-0.2, 0) is 0 Å². The lowest BCUT2D eigenvalue weighted by Crippen LogP contribution is -2.19. The number of halogens is 1. The molecule has 3 nitrogen and oxygen atoms in total. The Bertz CT molecular complexity index is 412. The molecule has 1 fully saturated rings. The third-order valence-electron chi connectivity index (χ3n) is 2.53. The zero-order valence-electron chi connectivity index (χ0n) is 8.55. The van der Waals surface area contributed by atoms with E-state index < -0.39 is 11.4 Å². The number of aryl methyl sites for hydroxylation is 1. The van der Waals surface area contributed by atoms with Crippen LogP contribution in [0.4, 0.5) is 4.39 Å². The summed E-state index contributed by atoms with van der Waals surface area (Å²) in [7, 11) is 0. The number of rotatable bonds is 1. The lowest BCUT2D eigenvalue weighted by molar-refractivity contribution is 0.574. The molecule has 1 aromatic heterocycles. The quantitative estimate of drug-likeness (QED) is 0.801. The van der Waals surface area contributed by atoms with Crippen molar-refractivity contribution in [2.45, 2.75) is 31.4 Å².